The summed E-state index contributed by atoms with van der Waals surface area (Å²) in [5.74, 6) is 1.57. The molecular weight excluding hydrogens is 328 g/mol. The third-order valence-electron chi connectivity index (χ3n) is 3.82. The Morgan fingerprint density at radius 3 is 2.61 bits per heavy atom. The second-order valence-corrected chi connectivity index (χ2v) is 6.87. The van der Waals surface area contributed by atoms with Gasteiger partial charge < -0.3 is 9.64 Å². The Balaban J connectivity index is 1.95. The van der Waals surface area contributed by atoms with Crippen LogP contribution in [0.25, 0.3) is 0 Å². The Morgan fingerprint density at radius 2 is 1.96 bits per heavy atom. The second kappa shape index (κ2) is 6.37. The number of amides is 1. The summed E-state index contributed by atoms with van der Waals surface area (Å²) >= 11 is 6.63. The number of allylic oxidation sites excluding steroid dienone is 2. The van der Waals surface area contributed by atoms with E-state index in [-0.39, 0.29) is 5.91 Å². The summed E-state index contributed by atoms with van der Waals surface area (Å²) in [6, 6.07) is 7.93. The molecule has 2 heterocycles. The number of hydrogen-bond donors (Lipinski definition) is 0. The number of ether oxygens (including phenoxy) is 1. The first-order valence-electron chi connectivity index (χ1n) is 7.57. The van der Waals surface area contributed by atoms with Gasteiger partial charge in [-0.25, -0.2) is 0 Å². The highest BCUT2D eigenvalue weighted by atomic mass is 32.2. The van der Waals surface area contributed by atoms with E-state index in [1.807, 2.05) is 44.2 Å². The number of fused-ring (bicyclic) bond motifs is 1. The summed E-state index contributed by atoms with van der Waals surface area (Å²) in [7, 11) is 0. The van der Waals surface area contributed by atoms with Gasteiger partial charge in [0.15, 0.2) is 5.75 Å². The fourth-order valence-electron chi connectivity index (χ4n) is 2.65. The maximum Gasteiger partial charge on any atom is 0.266 e. The Hall–Kier alpha value is -1.79. The Bertz CT molecular complexity index is 740. The number of benzene rings is 1. The Labute approximate surface area is 145 Å². The average Bonchev–Trinajstić information content (AvgIpc) is 3.03. The SMILES string of the molecule is CCN1C(=O)/C(=C(C)\C=C2/Oc3ccccc3N2CC)SC1=S. The van der Waals surface area contributed by atoms with Gasteiger partial charge in [0, 0.05) is 19.2 Å². The molecular formula is C17H18N2O2S2. The summed E-state index contributed by atoms with van der Waals surface area (Å²) in [5.41, 5.74) is 1.93. The minimum absolute atomic E-state index is 0.0181. The van der Waals surface area contributed by atoms with Crippen molar-refractivity contribution in [2.24, 2.45) is 0 Å². The van der Waals surface area contributed by atoms with Crippen molar-refractivity contribution in [1.29, 1.82) is 0 Å². The lowest BCUT2D eigenvalue weighted by Gasteiger charge is -2.15. The lowest BCUT2D eigenvalue weighted by atomic mass is 10.2. The van der Waals surface area contributed by atoms with E-state index in [0.717, 1.165) is 29.4 Å². The second-order valence-electron chi connectivity index (χ2n) is 5.23. The van der Waals surface area contributed by atoms with E-state index in [2.05, 4.69) is 11.8 Å². The van der Waals surface area contributed by atoms with E-state index < -0.39 is 0 Å². The summed E-state index contributed by atoms with van der Waals surface area (Å²) in [6.45, 7) is 7.32. The lowest BCUT2D eigenvalue weighted by Crippen LogP contribution is -2.27. The molecule has 0 N–H and O–H groups in total. The highest BCUT2D eigenvalue weighted by molar-refractivity contribution is 8.26. The van der Waals surface area contributed by atoms with Gasteiger partial charge in [-0.2, -0.15) is 0 Å². The predicted octanol–water partition coefficient (Wildman–Crippen LogP) is 3.90. The molecule has 0 spiro atoms. The zero-order chi connectivity index (χ0) is 16.6. The van der Waals surface area contributed by atoms with Gasteiger partial charge in [0.1, 0.15) is 4.32 Å². The largest absolute Gasteiger partial charge is 0.439 e. The van der Waals surface area contributed by atoms with Gasteiger partial charge in [0.2, 0.25) is 5.88 Å². The average molecular weight is 346 g/mol. The lowest BCUT2D eigenvalue weighted by molar-refractivity contribution is -0.122. The van der Waals surface area contributed by atoms with Gasteiger partial charge in [0.25, 0.3) is 5.91 Å². The van der Waals surface area contributed by atoms with Crippen LogP contribution < -0.4 is 9.64 Å². The molecule has 1 fully saturated rings. The summed E-state index contributed by atoms with van der Waals surface area (Å²) in [4.78, 5) is 16.8. The first kappa shape index (κ1) is 16.1. The van der Waals surface area contributed by atoms with Crippen LogP contribution in [0.4, 0.5) is 5.69 Å². The smallest absolute Gasteiger partial charge is 0.266 e. The van der Waals surface area contributed by atoms with Crippen molar-refractivity contribution in [2.75, 3.05) is 18.0 Å². The van der Waals surface area contributed by atoms with Gasteiger partial charge in [0.05, 0.1) is 10.6 Å². The summed E-state index contributed by atoms with van der Waals surface area (Å²) in [5, 5.41) is 0. The molecule has 0 atom stereocenters. The molecule has 4 nitrogen and oxygen atoms in total. The van der Waals surface area contributed by atoms with Crippen molar-refractivity contribution in [3.63, 3.8) is 0 Å². The van der Waals surface area contributed by atoms with E-state index in [1.165, 1.54) is 11.8 Å². The number of thiocarbonyl (C=S) groups is 1. The molecule has 120 valence electrons. The van der Waals surface area contributed by atoms with Crippen LogP contribution in [0.5, 0.6) is 5.75 Å². The van der Waals surface area contributed by atoms with E-state index in [1.54, 1.807) is 4.90 Å². The molecule has 0 aliphatic carbocycles. The van der Waals surface area contributed by atoms with Crippen LogP contribution >= 0.6 is 24.0 Å². The maximum atomic E-state index is 12.4. The van der Waals surface area contributed by atoms with Crippen LogP contribution in [-0.2, 0) is 4.79 Å². The van der Waals surface area contributed by atoms with Crippen LogP contribution in [-0.4, -0.2) is 28.2 Å². The molecule has 0 unspecified atom stereocenters. The van der Waals surface area contributed by atoms with Gasteiger partial charge in [-0.1, -0.05) is 36.1 Å². The van der Waals surface area contributed by atoms with Crippen molar-refractivity contribution < 1.29 is 9.53 Å². The molecule has 23 heavy (non-hydrogen) atoms. The van der Waals surface area contributed by atoms with Crippen molar-refractivity contribution in [3.05, 3.63) is 46.7 Å². The third-order valence-corrected chi connectivity index (χ3v) is 5.38. The quantitative estimate of drug-likeness (QED) is 0.612. The number of rotatable bonds is 3. The minimum atomic E-state index is -0.0181. The number of thioether (sulfide) groups is 1. The number of nitrogens with zero attached hydrogens (tertiary/aromatic N) is 2. The fourth-order valence-corrected chi connectivity index (χ4v) is 4.03. The van der Waals surface area contributed by atoms with E-state index in [4.69, 9.17) is 17.0 Å². The van der Waals surface area contributed by atoms with E-state index in [0.29, 0.717) is 15.8 Å². The molecule has 6 heteroatoms. The van der Waals surface area contributed by atoms with Gasteiger partial charge >= 0.3 is 0 Å². The van der Waals surface area contributed by atoms with Gasteiger partial charge in [-0.15, -0.1) is 0 Å². The number of anilines is 1. The van der Waals surface area contributed by atoms with Gasteiger partial charge in [-0.3, -0.25) is 9.69 Å². The van der Waals surface area contributed by atoms with Crippen LogP contribution in [0.15, 0.2) is 46.7 Å². The molecule has 1 amide bonds. The number of likely N-dealkylation sites (N-methyl/N-ethyl adjacent to an activating group) is 1. The highest BCUT2D eigenvalue weighted by Gasteiger charge is 2.32. The zero-order valence-corrected chi connectivity index (χ0v) is 15.0. The molecule has 1 saturated heterocycles. The van der Waals surface area contributed by atoms with Crippen molar-refractivity contribution >= 4 is 39.9 Å². The topological polar surface area (TPSA) is 32.8 Å². The standard InChI is InChI=1S/C17H18N2O2S2/c1-4-18-12-8-6-7-9-13(12)21-14(18)10-11(3)15-16(20)19(5-2)17(22)23-15/h6-10H,4-5H2,1-3H3/b14-10-,15-11+. The molecule has 0 bridgehead atoms. The predicted molar refractivity (Wildman–Crippen MR) is 98.4 cm³/mol. The molecule has 1 aromatic carbocycles. The molecule has 3 rings (SSSR count). The normalized spacial score (nSPS) is 21.1. The Kier molecular flexibility index (Phi) is 4.46. The molecule has 1 aromatic rings. The minimum Gasteiger partial charge on any atom is -0.439 e. The molecule has 0 radical (unpaired) electrons. The number of hydrogen-bond acceptors (Lipinski definition) is 5. The van der Waals surface area contributed by atoms with Crippen molar-refractivity contribution in [3.8, 4) is 5.75 Å². The van der Waals surface area contributed by atoms with Crippen molar-refractivity contribution in [1.82, 2.24) is 4.90 Å². The summed E-state index contributed by atoms with van der Waals surface area (Å²) < 4.78 is 6.56. The van der Waals surface area contributed by atoms with Crippen LogP contribution in [0.1, 0.15) is 20.8 Å². The number of para-hydroxylation sites is 2. The van der Waals surface area contributed by atoms with E-state index >= 15 is 0 Å². The van der Waals surface area contributed by atoms with Crippen LogP contribution in [0.2, 0.25) is 0 Å². The molecule has 2 aliphatic rings. The molecule has 2 aliphatic heterocycles. The number of carbonyl (C=O) groups is 1. The van der Waals surface area contributed by atoms with Crippen LogP contribution in [0.3, 0.4) is 0 Å². The Morgan fingerprint density at radius 1 is 1.26 bits per heavy atom. The first-order chi connectivity index (χ1) is 11.1. The van der Waals surface area contributed by atoms with E-state index in [9.17, 15) is 4.79 Å². The summed E-state index contributed by atoms with van der Waals surface area (Å²) in [6.07, 6.45) is 1.92. The molecule has 0 saturated carbocycles. The monoisotopic (exact) mass is 346 g/mol. The van der Waals surface area contributed by atoms with Crippen LogP contribution in [0, 0.1) is 0 Å². The zero-order valence-electron chi connectivity index (χ0n) is 13.3. The molecule has 0 aromatic heterocycles. The van der Waals surface area contributed by atoms with Crippen molar-refractivity contribution in [2.45, 2.75) is 20.8 Å². The number of carbonyl (C=O) groups excluding carboxylic acids is 1. The fraction of sp³-hybridized carbons (Fsp3) is 0.294. The highest BCUT2D eigenvalue weighted by Crippen LogP contribution is 2.40. The third kappa shape index (κ3) is 2.77. The first-order valence-corrected chi connectivity index (χ1v) is 8.80. The van der Waals surface area contributed by atoms with Gasteiger partial charge in [-0.05, 0) is 38.5 Å². The maximum absolute atomic E-state index is 12.4.